The molecule has 2 fully saturated rings. The van der Waals surface area contributed by atoms with Crippen LogP contribution in [0.15, 0.2) is 23.2 Å². The van der Waals surface area contributed by atoms with Crippen molar-refractivity contribution in [2.75, 3.05) is 44.3 Å². The van der Waals surface area contributed by atoms with Gasteiger partial charge in [0.25, 0.3) is 0 Å². The quantitative estimate of drug-likeness (QED) is 0.678. The maximum absolute atomic E-state index is 6.17. The first kappa shape index (κ1) is 16.1. The molecular weight excluding hydrogens is 290 g/mol. The predicted octanol–water partition coefficient (Wildman–Crippen LogP) is 1.61. The molecule has 2 N–H and O–H groups in total. The van der Waals surface area contributed by atoms with E-state index in [0.717, 1.165) is 50.9 Å². The van der Waals surface area contributed by atoms with Gasteiger partial charge >= 0.3 is 0 Å². The summed E-state index contributed by atoms with van der Waals surface area (Å²) in [5, 5.41) is 0. The van der Waals surface area contributed by atoms with E-state index in [0.29, 0.717) is 12.5 Å². The largest absolute Gasteiger partial charge is 0.378 e. The Balaban J connectivity index is 1.61. The van der Waals surface area contributed by atoms with Crippen LogP contribution >= 0.6 is 0 Å². The van der Waals surface area contributed by atoms with Gasteiger partial charge in [-0.3, -0.25) is 0 Å². The summed E-state index contributed by atoms with van der Waals surface area (Å²) in [6, 6.07) is 6.12. The number of pyridine rings is 1. The summed E-state index contributed by atoms with van der Waals surface area (Å²) < 4.78 is 5.39. The number of aromatic nitrogens is 1. The average molecular weight is 317 g/mol. The molecule has 2 aliphatic heterocycles. The molecule has 0 saturated carbocycles. The van der Waals surface area contributed by atoms with E-state index >= 15 is 0 Å². The van der Waals surface area contributed by atoms with Crippen molar-refractivity contribution in [3.8, 4) is 0 Å². The van der Waals surface area contributed by atoms with Gasteiger partial charge in [0.05, 0.1) is 25.5 Å². The van der Waals surface area contributed by atoms with Gasteiger partial charge in [-0.05, 0) is 25.0 Å². The number of likely N-dealkylation sites (tertiary alicyclic amines) is 1. The van der Waals surface area contributed by atoms with Crippen molar-refractivity contribution in [2.45, 2.75) is 32.2 Å². The second-order valence-electron chi connectivity index (χ2n) is 6.16. The molecule has 6 nitrogen and oxygen atoms in total. The van der Waals surface area contributed by atoms with E-state index in [4.69, 9.17) is 15.5 Å². The molecule has 0 aromatic carbocycles. The summed E-state index contributed by atoms with van der Waals surface area (Å²) in [6.45, 7) is 5.93. The van der Waals surface area contributed by atoms with E-state index in [1.54, 1.807) is 0 Å². The van der Waals surface area contributed by atoms with Crippen molar-refractivity contribution in [1.29, 1.82) is 0 Å². The standard InChI is InChI=1S/C17H27N5O/c18-17(22-8-3-1-2-4-9-22)19-14-15-6-5-7-16(20-15)21-10-12-23-13-11-21/h5-7H,1-4,8-14H2,(H2,18,19). The lowest BCUT2D eigenvalue weighted by molar-refractivity contribution is 0.122. The highest BCUT2D eigenvalue weighted by molar-refractivity contribution is 5.78. The molecule has 0 spiro atoms. The minimum Gasteiger partial charge on any atom is -0.378 e. The Morgan fingerprint density at radius 3 is 2.57 bits per heavy atom. The van der Waals surface area contributed by atoms with Crippen LogP contribution in [0.2, 0.25) is 0 Å². The third-order valence-corrected chi connectivity index (χ3v) is 4.46. The highest BCUT2D eigenvalue weighted by Crippen LogP contribution is 2.14. The molecule has 23 heavy (non-hydrogen) atoms. The van der Waals surface area contributed by atoms with Crippen LogP contribution < -0.4 is 10.6 Å². The number of nitrogens with zero attached hydrogens (tertiary/aromatic N) is 4. The van der Waals surface area contributed by atoms with E-state index in [9.17, 15) is 0 Å². The Morgan fingerprint density at radius 1 is 1.09 bits per heavy atom. The third-order valence-electron chi connectivity index (χ3n) is 4.46. The Hall–Kier alpha value is -1.82. The number of guanidine groups is 1. The monoisotopic (exact) mass is 317 g/mol. The Labute approximate surface area is 138 Å². The number of nitrogens with two attached hydrogens (primary N) is 1. The zero-order chi connectivity index (χ0) is 15.9. The van der Waals surface area contributed by atoms with Crippen molar-refractivity contribution < 1.29 is 4.74 Å². The fraction of sp³-hybridized carbons (Fsp3) is 0.647. The van der Waals surface area contributed by atoms with E-state index in [1.807, 2.05) is 12.1 Å². The summed E-state index contributed by atoms with van der Waals surface area (Å²) in [5.74, 6) is 1.67. The van der Waals surface area contributed by atoms with E-state index in [-0.39, 0.29) is 0 Å². The predicted molar refractivity (Wildman–Crippen MR) is 92.6 cm³/mol. The Morgan fingerprint density at radius 2 is 1.83 bits per heavy atom. The lowest BCUT2D eigenvalue weighted by Gasteiger charge is -2.28. The normalized spacial score (nSPS) is 20.4. The van der Waals surface area contributed by atoms with Crippen LogP contribution in [0.25, 0.3) is 0 Å². The zero-order valence-electron chi connectivity index (χ0n) is 13.8. The molecular formula is C17H27N5O. The highest BCUT2D eigenvalue weighted by atomic mass is 16.5. The van der Waals surface area contributed by atoms with Gasteiger partial charge in [-0.1, -0.05) is 18.9 Å². The van der Waals surface area contributed by atoms with Crippen LogP contribution in [0.5, 0.6) is 0 Å². The lowest BCUT2D eigenvalue weighted by atomic mass is 10.2. The Kier molecular flexibility index (Phi) is 5.69. The van der Waals surface area contributed by atoms with Gasteiger partial charge in [0.1, 0.15) is 5.82 Å². The van der Waals surface area contributed by atoms with Crippen LogP contribution in [-0.4, -0.2) is 55.2 Å². The highest BCUT2D eigenvalue weighted by Gasteiger charge is 2.13. The van der Waals surface area contributed by atoms with Gasteiger partial charge in [0, 0.05) is 26.2 Å². The summed E-state index contributed by atoms with van der Waals surface area (Å²) in [4.78, 5) is 13.7. The number of hydrogen-bond donors (Lipinski definition) is 1. The van der Waals surface area contributed by atoms with Crippen molar-refractivity contribution in [3.63, 3.8) is 0 Å². The summed E-state index contributed by atoms with van der Waals surface area (Å²) in [5.41, 5.74) is 7.13. The van der Waals surface area contributed by atoms with Crippen LogP contribution in [0, 0.1) is 0 Å². The van der Waals surface area contributed by atoms with Crippen molar-refractivity contribution in [2.24, 2.45) is 10.7 Å². The van der Waals surface area contributed by atoms with Gasteiger partial charge in [-0.15, -0.1) is 0 Å². The van der Waals surface area contributed by atoms with Crippen LogP contribution in [0.3, 0.4) is 0 Å². The average Bonchev–Trinajstić information content (AvgIpc) is 2.90. The fourth-order valence-electron chi connectivity index (χ4n) is 3.09. The third kappa shape index (κ3) is 4.58. The minimum atomic E-state index is 0.542. The van der Waals surface area contributed by atoms with Gasteiger partial charge in [0.15, 0.2) is 5.96 Å². The number of hydrogen-bond acceptors (Lipinski definition) is 4. The minimum absolute atomic E-state index is 0.542. The first-order valence-corrected chi connectivity index (χ1v) is 8.66. The first-order valence-electron chi connectivity index (χ1n) is 8.66. The lowest BCUT2D eigenvalue weighted by Crippen LogP contribution is -2.38. The van der Waals surface area contributed by atoms with Crippen LogP contribution in [0.4, 0.5) is 5.82 Å². The van der Waals surface area contributed by atoms with Crippen LogP contribution in [-0.2, 0) is 11.3 Å². The number of ether oxygens (including phenoxy) is 1. The molecule has 2 saturated heterocycles. The molecule has 3 rings (SSSR count). The topological polar surface area (TPSA) is 67.0 Å². The molecule has 1 aromatic heterocycles. The number of morpholine rings is 1. The number of aliphatic imine (C=N–C) groups is 1. The van der Waals surface area contributed by atoms with Gasteiger partial charge in [-0.25, -0.2) is 9.98 Å². The molecule has 3 heterocycles. The molecule has 2 aliphatic rings. The Bertz CT molecular complexity index is 519. The van der Waals surface area contributed by atoms with Crippen molar-refractivity contribution >= 4 is 11.8 Å². The van der Waals surface area contributed by atoms with E-state index in [2.05, 4.69) is 20.9 Å². The SMILES string of the molecule is NC(=NCc1cccc(N2CCOCC2)n1)N1CCCCCC1. The first-order chi connectivity index (χ1) is 11.3. The molecule has 0 amide bonds. The van der Waals surface area contributed by atoms with Crippen LogP contribution in [0.1, 0.15) is 31.4 Å². The molecule has 0 radical (unpaired) electrons. The molecule has 1 aromatic rings. The molecule has 0 aliphatic carbocycles. The molecule has 0 bridgehead atoms. The summed E-state index contributed by atoms with van der Waals surface area (Å²) in [7, 11) is 0. The van der Waals surface area contributed by atoms with Gasteiger partial charge in [-0.2, -0.15) is 0 Å². The van der Waals surface area contributed by atoms with Crippen molar-refractivity contribution in [3.05, 3.63) is 23.9 Å². The second-order valence-corrected chi connectivity index (χ2v) is 6.16. The number of rotatable bonds is 3. The maximum Gasteiger partial charge on any atom is 0.191 e. The molecule has 0 atom stereocenters. The zero-order valence-corrected chi connectivity index (χ0v) is 13.8. The van der Waals surface area contributed by atoms with Gasteiger partial charge < -0.3 is 20.3 Å². The second kappa shape index (κ2) is 8.15. The van der Waals surface area contributed by atoms with E-state index < -0.39 is 0 Å². The summed E-state index contributed by atoms with van der Waals surface area (Å²) in [6.07, 6.45) is 5.02. The van der Waals surface area contributed by atoms with Gasteiger partial charge in [0.2, 0.25) is 0 Å². The maximum atomic E-state index is 6.17. The number of anilines is 1. The fourth-order valence-corrected chi connectivity index (χ4v) is 3.09. The van der Waals surface area contributed by atoms with E-state index in [1.165, 1.54) is 25.7 Å². The smallest absolute Gasteiger partial charge is 0.191 e. The molecule has 126 valence electrons. The summed E-state index contributed by atoms with van der Waals surface area (Å²) >= 11 is 0. The van der Waals surface area contributed by atoms with Crippen molar-refractivity contribution in [1.82, 2.24) is 9.88 Å². The molecule has 0 unspecified atom stereocenters. The molecule has 6 heteroatoms.